The van der Waals surface area contributed by atoms with E-state index in [2.05, 4.69) is 19.1 Å². The molecular formula is C19H26F5N3O4. The maximum Gasteiger partial charge on any atom is 0.455 e. The Balaban J connectivity index is 0.000000683. The number of primary amides is 1. The minimum absolute atomic E-state index is 0.262. The van der Waals surface area contributed by atoms with Crippen LogP contribution in [0.4, 0.5) is 22.0 Å². The number of rotatable bonds is 8. The van der Waals surface area contributed by atoms with E-state index < -0.39 is 48.8 Å². The number of nitrogens with one attached hydrogen (secondary N) is 2. The van der Waals surface area contributed by atoms with Crippen molar-refractivity contribution in [3.05, 3.63) is 29.8 Å². The molecule has 0 saturated carbocycles. The van der Waals surface area contributed by atoms with Crippen LogP contribution in [-0.2, 0) is 14.4 Å². The SMILES string of the molecule is CC(C(=O)NCC(N)=O)C(=O)NCC(F)(F)C(F)(F)F.Cc1ccc(OC(C)C)cc1. The fourth-order valence-electron chi connectivity index (χ4n) is 1.79. The zero-order valence-corrected chi connectivity index (χ0v) is 17.5. The summed E-state index contributed by atoms with van der Waals surface area (Å²) in [6, 6.07) is 8.10. The van der Waals surface area contributed by atoms with Crippen LogP contribution >= 0.6 is 0 Å². The third-order valence-electron chi connectivity index (χ3n) is 3.52. The molecule has 1 rings (SSSR count). The Hall–Kier alpha value is -2.92. The Labute approximate surface area is 176 Å². The Morgan fingerprint density at radius 1 is 0.968 bits per heavy atom. The molecule has 0 spiro atoms. The van der Waals surface area contributed by atoms with Crippen molar-refractivity contribution >= 4 is 17.7 Å². The van der Waals surface area contributed by atoms with Gasteiger partial charge in [0.05, 0.1) is 19.2 Å². The van der Waals surface area contributed by atoms with Crippen LogP contribution in [0.2, 0.25) is 0 Å². The average molecular weight is 455 g/mol. The molecule has 31 heavy (non-hydrogen) atoms. The van der Waals surface area contributed by atoms with E-state index >= 15 is 0 Å². The average Bonchev–Trinajstić information content (AvgIpc) is 2.64. The molecule has 1 unspecified atom stereocenters. The molecule has 0 fully saturated rings. The number of halogens is 5. The topological polar surface area (TPSA) is 111 Å². The van der Waals surface area contributed by atoms with Crippen LogP contribution in [0.5, 0.6) is 5.75 Å². The largest absolute Gasteiger partial charge is 0.491 e. The van der Waals surface area contributed by atoms with Crippen molar-refractivity contribution in [2.24, 2.45) is 11.7 Å². The molecule has 1 aromatic rings. The normalized spacial score (nSPS) is 12.3. The highest BCUT2D eigenvalue weighted by atomic mass is 19.4. The summed E-state index contributed by atoms with van der Waals surface area (Å²) in [5.41, 5.74) is 5.97. The van der Waals surface area contributed by atoms with Gasteiger partial charge < -0.3 is 21.1 Å². The molecule has 0 radical (unpaired) electrons. The second-order valence-corrected chi connectivity index (χ2v) is 6.81. The molecule has 1 atom stereocenters. The van der Waals surface area contributed by atoms with Gasteiger partial charge in [-0.25, -0.2) is 0 Å². The number of ether oxygens (including phenoxy) is 1. The zero-order chi connectivity index (χ0) is 24.4. The van der Waals surface area contributed by atoms with Gasteiger partial charge in [-0.1, -0.05) is 17.7 Å². The van der Waals surface area contributed by atoms with E-state index in [0.717, 1.165) is 12.7 Å². The summed E-state index contributed by atoms with van der Waals surface area (Å²) in [7, 11) is 0. The van der Waals surface area contributed by atoms with Gasteiger partial charge in [-0.3, -0.25) is 14.4 Å². The van der Waals surface area contributed by atoms with Crippen molar-refractivity contribution < 1.29 is 41.1 Å². The lowest BCUT2D eigenvalue weighted by Crippen LogP contribution is -2.49. The lowest BCUT2D eigenvalue weighted by molar-refractivity contribution is -0.278. The van der Waals surface area contributed by atoms with E-state index in [1.54, 1.807) is 0 Å². The van der Waals surface area contributed by atoms with Crippen LogP contribution in [0.1, 0.15) is 26.3 Å². The van der Waals surface area contributed by atoms with Gasteiger partial charge in [-0.15, -0.1) is 0 Å². The lowest BCUT2D eigenvalue weighted by Gasteiger charge is -2.20. The van der Waals surface area contributed by atoms with Crippen molar-refractivity contribution in [1.82, 2.24) is 10.6 Å². The minimum atomic E-state index is -5.81. The molecule has 0 aliphatic rings. The molecule has 0 aromatic heterocycles. The Morgan fingerprint density at radius 3 is 1.87 bits per heavy atom. The molecule has 176 valence electrons. The van der Waals surface area contributed by atoms with Crippen molar-refractivity contribution in [1.29, 1.82) is 0 Å². The van der Waals surface area contributed by atoms with E-state index in [-0.39, 0.29) is 6.10 Å². The van der Waals surface area contributed by atoms with Crippen LogP contribution in [0, 0.1) is 12.8 Å². The molecule has 0 heterocycles. The second kappa shape index (κ2) is 12.1. The number of hydrogen-bond acceptors (Lipinski definition) is 4. The second-order valence-electron chi connectivity index (χ2n) is 6.81. The fourth-order valence-corrected chi connectivity index (χ4v) is 1.79. The van der Waals surface area contributed by atoms with Crippen molar-refractivity contribution in [2.75, 3.05) is 13.1 Å². The van der Waals surface area contributed by atoms with Gasteiger partial charge in [0.2, 0.25) is 17.7 Å². The number of amides is 3. The zero-order valence-electron chi connectivity index (χ0n) is 17.5. The fraction of sp³-hybridized carbons (Fsp3) is 0.526. The third-order valence-corrected chi connectivity index (χ3v) is 3.52. The number of hydrogen-bond donors (Lipinski definition) is 3. The van der Waals surface area contributed by atoms with E-state index in [1.807, 2.05) is 31.3 Å². The predicted molar refractivity (Wildman–Crippen MR) is 102 cm³/mol. The summed E-state index contributed by atoms with van der Waals surface area (Å²) in [5.74, 6) is -8.99. The molecule has 12 heteroatoms. The highest BCUT2D eigenvalue weighted by molar-refractivity contribution is 6.00. The van der Waals surface area contributed by atoms with E-state index in [9.17, 15) is 36.3 Å². The van der Waals surface area contributed by atoms with Gasteiger partial charge in [0.1, 0.15) is 11.7 Å². The van der Waals surface area contributed by atoms with Gasteiger partial charge >= 0.3 is 12.1 Å². The monoisotopic (exact) mass is 455 g/mol. The van der Waals surface area contributed by atoms with Gasteiger partial charge in [-0.05, 0) is 39.8 Å². The number of carbonyl (C=O) groups excluding carboxylic acids is 3. The first kappa shape index (κ1) is 28.1. The predicted octanol–water partition coefficient (Wildman–Crippen LogP) is 2.32. The molecular weight excluding hydrogens is 429 g/mol. The number of alkyl halides is 5. The molecule has 0 saturated heterocycles. The quantitative estimate of drug-likeness (QED) is 0.413. The van der Waals surface area contributed by atoms with Crippen LogP contribution in [0.25, 0.3) is 0 Å². The molecule has 0 aliphatic carbocycles. The third kappa shape index (κ3) is 11.2. The smallest absolute Gasteiger partial charge is 0.455 e. The molecule has 4 N–H and O–H groups in total. The van der Waals surface area contributed by atoms with Crippen LogP contribution < -0.4 is 21.1 Å². The maximum absolute atomic E-state index is 12.5. The first-order valence-corrected chi connectivity index (χ1v) is 9.08. The van der Waals surface area contributed by atoms with Crippen molar-refractivity contribution in [3.63, 3.8) is 0 Å². The standard InChI is InChI=1S/C10H14O.C9H12F5N3O3/c1-8(2)11-10-6-4-9(3)5-7-10;1-4(6(19)16-2-5(15)18)7(20)17-3-8(10,11)9(12,13)14/h4-8H,1-3H3;4H,2-3H2,1H3,(H2,15,18)(H,16,19)(H,17,20). The van der Waals surface area contributed by atoms with Crippen molar-refractivity contribution in [2.45, 2.75) is 45.9 Å². The molecule has 0 aliphatic heterocycles. The summed E-state index contributed by atoms with van der Waals surface area (Å²) < 4.78 is 65.9. The van der Waals surface area contributed by atoms with Crippen molar-refractivity contribution in [3.8, 4) is 5.75 Å². The maximum atomic E-state index is 12.5. The Morgan fingerprint density at radius 2 is 1.45 bits per heavy atom. The lowest BCUT2D eigenvalue weighted by atomic mass is 10.1. The Kier molecular flexibility index (Phi) is 10.9. The summed E-state index contributed by atoms with van der Waals surface area (Å²) in [4.78, 5) is 32.8. The number of nitrogens with two attached hydrogens (primary N) is 1. The van der Waals surface area contributed by atoms with Crippen LogP contribution in [-0.4, -0.2) is 49.0 Å². The minimum Gasteiger partial charge on any atom is -0.491 e. The first-order chi connectivity index (χ1) is 14.1. The van der Waals surface area contributed by atoms with Gasteiger partial charge in [-0.2, -0.15) is 22.0 Å². The summed E-state index contributed by atoms with van der Waals surface area (Å²) >= 11 is 0. The summed E-state index contributed by atoms with van der Waals surface area (Å²) in [5, 5.41) is 3.22. The Bertz CT molecular complexity index is 737. The first-order valence-electron chi connectivity index (χ1n) is 9.08. The molecule has 1 aromatic carbocycles. The number of carbonyl (C=O) groups is 3. The highest BCUT2D eigenvalue weighted by Crippen LogP contribution is 2.34. The highest BCUT2D eigenvalue weighted by Gasteiger charge is 2.57. The van der Waals surface area contributed by atoms with Crippen LogP contribution in [0.15, 0.2) is 24.3 Å². The van der Waals surface area contributed by atoms with Gasteiger partial charge in [0.15, 0.2) is 0 Å². The van der Waals surface area contributed by atoms with Gasteiger partial charge in [0.25, 0.3) is 0 Å². The summed E-state index contributed by atoms with van der Waals surface area (Å²) in [6.07, 6.45) is -5.55. The van der Waals surface area contributed by atoms with Gasteiger partial charge in [0, 0.05) is 0 Å². The molecule has 7 nitrogen and oxygen atoms in total. The number of benzene rings is 1. The molecule has 0 bridgehead atoms. The summed E-state index contributed by atoms with van der Waals surface area (Å²) in [6.45, 7) is 4.52. The number of aryl methyl sites for hydroxylation is 1. The van der Waals surface area contributed by atoms with Crippen LogP contribution in [0.3, 0.4) is 0 Å². The molecule has 3 amide bonds. The van der Waals surface area contributed by atoms with E-state index in [1.165, 1.54) is 10.9 Å². The van der Waals surface area contributed by atoms with E-state index in [4.69, 9.17) is 10.5 Å². The van der Waals surface area contributed by atoms with E-state index in [0.29, 0.717) is 0 Å².